The van der Waals surface area contributed by atoms with Crippen LogP contribution >= 0.6 is 0 Å². The first kappa shape index (κ1) is 28.8. The summed E-state index contributed by atoms with van der Waals surface area (Å²) in [6.07, 6.45) is 9.67. The fourth-order valence-electron chi connectivity index (χ4n) is 3.84. The average Bonchev–Trinajstić information content (AvgIpc) is 2.56. The van der Waals surface area contributed by atoms with Crippen molar-refractivity contribution in [3.05, 3.63) is 24.3 Å². The first-order chi connectivity index (χ1) is 13.5. The van der Waals surface area contributed by atoms with E-state index >= 15 is 0 Å². The van der Waals surface area contributed by atoms with Crippen molar-refractivity contribution in [1.82, 2.24) is 0 Å². The van der Waals surface area contributed by atoms with E-state index in [-0.39, 0.29) is 33.7 Å². The lowest BCUT2D eigenvalue weighted by Crippen LogP contribution is -2.37. The molecule has 0 spiro atoms. The maximum atomic E-state index is 12.3. The summed E-state index contributed by atoms with van der Waals surface area (Å²) in [7, 11) is 0. The number of hydrogen-bond donors (Lipinski definition) is 0. The monoisotopic (exact) mass is 418 g/mol. The lowest BCUT2D eigenvalue weighted by atomic mass is 9.59. The molecular formula is C28H50O2. The van der Waals surface area contributed by atoms with Gasteiger partial charge in [-0.1, -0.05) is 93.4 Å². The van der Waals surface area contributed by atoms with Gasteiger partial charge in [0.05, 0.1) is 0 Å². The van der Waals surface area contributed by atoms with Gasteiger partial charge in [-0.2, -0.15) is 0 Å². The molecule has 0 aliphatic heterocycles. The van der Waals surface area contributed by atoms with Gasteiger partial charge in [0, 0.05) is 12.3 Å². The number of allylic oxidation sites excluding steroid dienone is 3. The largest absolute Gasteiger partial charge is 0.300 e. The summed E-state index contributed by atoms with van der Waals surface area (Å²) in [5.74, 6) is 0.498. The summed E-state index contributed by atoms with van der Waals surface area (Å²) < 4.78 is 0. The van der Waals surface area contributed by atoms with Crippen molar-refractivity contribution in [3.63, 3.8) is 0 Å². The van der Waals surface area contributed by atoms with Gasteiger partial charge in [-0.05, 0) is 60.8 Å². The summed E-state index contributed by atoms with van der Waals surface area (Å²) in [6.45, 7) is 26.7. The Kier molecular flexibility index (Phi) is 11.5. The van der Waals surface area contributed by atoms with E-state index in [2.05, 4.69) is 68.9 Å². The molecule has 0 aromatic carbocycles. The molecule has 2 unspecified atom stereocenters. The second-order valence-electron chi connectivity index (χ2n) is 11.9. The number of unbranched alkanes of at least 4 members (excludes halogenated alkanes) is 2. The Morgan fingerprint density at radius 1 is 0.967 bits per heavy atom. The normalized spacial score (nSPS) is 15.3. The number of ketones is 2. The molecule has 0 aliphatic carbocycles. The molecule has 2 atom stereocenters. The van der Waals surface area contributed by atoms with Crippen LogP contribution < -0.4 is 0 Å². The van der Waals surface area contributed by atoms with Gasteiger partial charge in [-0.3, -0.25) is 9.59 Å². The van der Waals surface area contributed by atoms with Gasteiger partial charge < -0.3 is 0 Å². The topological polar surface area (TPSA) is 34.1 Å². The summed E-state index contributed by atoms with van der Waals surface area (Å²) in [5.41, 5.74) is 1.58. The molecule has 0 fully saturated rings. The van der Waals surface area contributed by atoms with Gasteiger partial charge in [-0.15, -0.1) is 0 Å². The van der Waals surface area contributed by atoms with Gasteiger partial charge >= 0.3 is 0 Å². The fourth-order valence-corrected chi connectivity index (χ4v) is 3.84. The molecule has 0 saturated heterocycles. The zero-order valence-electron chi connectivity index (χ0n) is 21.8. The number of Topliss-reactive ketones (excluding diaryl/α,β-unsaturated/α-hetero) is 1. The van der Waals surface area contributed by atoms with Crippen LogP contribution in [0.25, 0.3) is 0 Å². The summed E-state index contributed by atoms with van der Waals surface area (Å²) in [4.78, 5) is 24.5. The predicted molar refractivity (Wildman–Crippen MR) is 132 cm³/mol. The van der Waals surface area contributed by atoms with Crippen LogP contribution in [0.4, 0.5) is 0 Å². The zero-order chi connectivity index (χ0) is 23.8. The predicted octanol–water partition coefficient (Wildman–Crippen LogP) is 8.36. The van der Waals surface area contributed by atoms with Crippen LogP contribution in [0.5, 0.6) is 0 Å². The Labute approximate surface area is 188 Å². The highest BCUT2D eigenvalue weighted by molar-refractivity contribution is 5.93. The molecule has 0 aromatic rings. The Bertz CT molecular complexity index is 599. The number of carbonyl (C=O) groups is 2. The van der Waals surface area contributed by atoms with Gasteiger partial charge in [-0.25, -0.2) is 0 Å². The van der Waals surface area contributed by atoms with E-state index in [0.717, 1.165) is 37.7 Å². The van der Waals surface area contributed by atoms with Crippen molar-refractivity contribution in [2.45, 2.75) is 114 Å². The Hall–Kier alpha value is -1.18. The van der Waals surface area contributed by atoms with Gasteiger partial charge in [0.25, 0.3) is 0 Å². The molecule has 0 aromatic heterocycles. The first-order valence-electron chi connectivity index (χ1n) is 11.9. The molecule has 0 aliphatic rings. The van der Waals surface area contributed by atoms with Crippen LogP contribution in [0.2, 0.25) is 0 Å². The summed E-state index contributed by atoms with van der Waals surface area (Å²) in [6, 6.07) is 0. The van der Waals surface area contributed by atoms with Crippen LogP contribution in [-0.4, -0.2) is 11.6 Å². The molecule has 0 rings (SSSR count). The molecule has 0 radical (unpaired) electrons. The van der Waals surface area contributed by atoms with E-state index in [0.29, 0.717) is 18.8 Å². The van der Waals surface area contributed by atoms with Crippen LogP contribution in [-0.2, 0) is 9.59 Å². The SMILES string of the molecule is C=C(CC(CC(=O)C=CCCCC)C(C)=O)CC(C)(C)C(C)(C)CC(C)C(C)(C)C. The third-order valence-electron chi connectivity index (χ3n) is 7.40. The standard InChI is InChI=1S/C28H50O2/c1-12-13-14-15-16-25(30)18-24(23(4)29)17-21(2)19-27(8,9)28(10,11)20-22(3)26(5,6)7/h15-16,22,24H,2,12-14,17-20H2,1,3-11H3. The van der Waals surface area contributed by atoms with Crippen LogP contribution in [0, 0.1) is 28.1 Å². The smallest absolute Gasteiger partial charge is 0.156 e. The minimum atomic E-state index is -0.256. The quantitative estimate of drug-likeness (QED) is 0.161. The van der Waals surface area contributed by atoms with Crippen molar-refractivity contribution in [2.24, 2.45) is 28.1 Å². The molecule has 0 saturated carbocycles. The molecule has 2 heteroatoms. The number of rotatable bonds is 14. The third-order valence-corrected chi connectivity index (χ3v) is 7.40. The van der Waals surface area contributed by atoms with E-state index < -0.39 is 0 Å². The molecule has 0 amide bonds. The van der Waals surface area contributed by atoms with E-state index in [4.69, 9.17) is 0 Å². The lowest BCUT2D eigenvalue weighted by molar-refractivity contribution is -0.124. The molecular weight excluding hydrogens is 368 g/mol. The molecule has 0 bridgehead atoms. The zero-order valence-corrected chi connectivity index (χ0v) is 21.8. The molecule has 30 heavy (non-hydrogen) atoms. The molecule has 174 valence electrons. The highest BCUT2D eigenvalue weighted by Gasteiger charge is 2.40. The molecule has 2 nitrogen and oxygen atoms in total. The Balaban J connectivity index is 5.03. The van der Waals surface area contributed by atoms with E-state index in [9.17, 15) is 9.59 Å². The maximum absolute atomic E-state index is 12.3. The van der Waals surface area contributed by atoms with E-state index in [1.807, 2.05) is 6.08 Å². The van der Waals surface area contributed by atoms with Crippen LogP contribution in [0.3, 0.4) is 0 Å². The van der Waals surface area contributed by atoms with Crippen molar-refractivity contribution >= 4 is 11.6 Å². The third kappa shape index (κ3) is 10.2. The highest BCUT2D eigenvalue weighted by Crippen LogP contribution is 2.49. The van der Waals surface area contributed by atoms with Crippen molar-refractivity contribution in [1.29, 1.82) is 0 Å². The van der Waals surface area contributed by atoms with Crippen LogP contribution in [0.15, 0.2) is 24.3 Å². The fraction of sp³-hybridized carbons (Fsp3) is 0.786. The van der Waals surface area contributed by atoms with E-state index in [1.165, 1.54) is 0 Å². The van der Waals surface area contributed by atoms with Gasteiger partial charge in [0.2, 0.25) is 0 Å². The van der Waals surface area contributed by atoms with Crippen LogP contribution in [0.1, 0.15) is 114 Å². The Morgan fingerprint density at radius 3 is 2.00 bits per heavy atom. The minimum Gasteiger partial charge on any atom is -0.300 e. The Morgan fingerprint density at radius 2 is 1.53 bits per heavy atom. The second-order valence-corrected chi connectivity index (χ2v) is 11.9. The summed E-state index contributed by atoms with van der Waals surface area (Å²) >= 11 is 0. The van der Waals surface area contributed by atoms with Gasteiger partial charge in [0.15, 0.2) is 5.78 Å². The molecule has 0 heterocycles. The first-order valence-corrected chi connectivity index (χ1v) is 11.9. The highest BCUT2D eigenvalue weighted by atomic mass is 16.1. The maximum Gasteiger partial charge on any atom is 0.156 e. The minimum absolute atomic E-state index is 0.0534. The number of hydrogen-bond acceptors (Lipinski definition) is 2. The summed E-state index contributed by atoms with van der Waals surface area (Å²) in [5, 5.41) is 0. The van der Waals surface area contributed by atoms with Crippen molar-refractivity contribution < 1.29 is 9.59 Å². The van der Waals surface area contributed by atoms with E-state index in [1.54, 1.807) is 13.0 Å². The van der Waals surface area contributed by atoms with Gasteiger partial charge in [0.1, 0.15) is 5.78 Å². The molecule has 0 N–H and O–H groups in total. The van der Waals surface area contributed by atoms with Crippen molar-refractivity contribution in [3.8, 4) is 0 Å². The average molecular weight is 419 g/mol. The van der Waals surface area contributed by atoms with Crippen molar-refractivity contribution in [2.75, 3.05) is 0 Å². The second kappa shape index (κ2) is 12.0. The number of carbonyl (C=O) groups excluding carboxylic acids is 2. The lowest BCUT2D eigenvalue weighted by Gasteiger charge is -2.46.